The standard InChI is InChI=1S/C22H17NS.C13H12.C10H7ClS/c24-22-14-12-17-11-13-21(15-18(17)16-22)23(19-7-3-1-4-8-19)20-9-5-2-6-10-20;1-3-7-12(8-4-1)11-13-9-5-2-6-10-13;11-9-3-1-7-2-4-10(12)6-8(7)5-9/h1-16,24H;1-10H,11H2;1-6,12H. The second kappa shape index (κ2) is 16.9. The van der Waals surface area contributed by atoms with Crippen LogP contribution in [0.15, 0.2) is 204 Å². The van der Waals surface area contributed by atoms with Crippen LogP contribution in [0.5, 0.6) is 0 Å². The van der Waals surface area contributed by atoms with Crippen LogP contribution < -0.4 is 4.90 Å². The van der Waals surface area contributed by atoms with Gasteiger partial charge < -0.3 is 4.90 Å². The van der Waals surface area contributed by atoms with E-state index in [0.29, 0.717) is 0 Å². The van der Waals surface area contributed by atoms with Crippen molar-refractivity contribution in [3.63, 3.8) is 0 Å². The van der Waals surface area contributed by atoms with E-state index < -0.39 is 0 Å². The summed E-state index contributed by atoms with van der Waals surface area (Å²) in [5.41, 5.74) is 6.16. The van der Waals surface area contributed by atoms with Crippen LogP contribution in [0.1, 0.15) is 11.1 Å². The molecule has 0 fully saturated rings. The van der Waals surface area contributed by atoms with Crippen molar-refractivity contribution in [1.29, 1.82) is 0 Å². The molecule has 0 aliphatic rings. The molecule has 0 N–H and O–H groups in total. The lowest BCUT2D eigenvalue weighted by atomic mass is 10.1. The molecule has 0 aliphatic heterocycles. The Morgan fingerprint density at radius 2 is 0.776 bits per heavy atom. The average molecular weight is 690 g/mol. The Kier molecular flexibility index (Phi) is 11.7. The van der Waals surface area contributed by atoms with Gasteiger partial charge in [-0.1, -0.05) is 133 Å². The van der Waals surface area contributed by atoms with Crippen molar-refractivity contribution in [3.8, 4) is 0 Å². The number of nitrogens with zero attached hydrogens (tertiary/aromatic N) is 1. The predicted molar refractivity (Wildman–Crippen MR) is 218 cm³/mol. The Morgan fingerprint density at radius 3 is 1.27 bits per heavy atom. The first-order valence-corrected chi connectivity index (χ1v) is 17.4. The molecular weight excluding hydrogens is 654 g/mol. The van der Waals surface area contributed by atoms with Gasteiger partial charge in [-0.2, -0.15) is 0 Å². The minimum absolute atomic E-state index is 0.765. The maximum Gasteiger partial charge on any atom is 0.0468 e. The minimum atomic E-state index is 0.765. The molecule has 0 saturated heterocycles. The Labute approximate surface area is 305 Å². The SMILES string of the molecule is Sc1ccc2ccc(Cl)cc2c1.Sc1ccc2ccc(N(c3ccccc3)c3ccccc3)cc2c1.c1ccc(Cc2ccccc2)cc1. The van der Waals surface area contributed by atoms with Crippen molar-refractivity contribution in [3.05, 3.63) is 210 Å². The van der Waals surface area contributed by atoms with Gasteiger partial charge in [0.1, 0.15) is 0 Å². The molecule has 49 heavy (non-hydrogen) atoms. The van der Waals surface area contributed by atoms with Crippen LogP contribution >= 0.6 is 36.9 Å². The van der Waals surface area contributed by atoms with Gasteiger partial charge in [-0.05, 0) is 112 Å². The van der Waals surface area contributed by atoms with E-state index in [9.17, 15) is 0 Å². The Morgan fingerprint density at radius 1 is 0.367 bits per heavy atom. The van der Waals surface area contributed by atoms with E-state index in [1.165, 1.54) is 27.3 Å². The second-order valence-electron chi connectivity index (χ2n) is 11.5. The molecule has 0 heterocycles. The summed E-state index contributed by atoms with van der Waals surface area (Å²) in [6.45, 7) is 0. The Bertz CT molecular complexity index is 2110. The lowest BCUT2D eigenvalue weighted by molar-refractivity contribution is 1.19. The van der Waals surface area contributed by atoms with E-state index in [-0.39, 0.29) is 0 Å². The maximum absolute atomic E-state index is 5.85. The van der Waals surface area contributed by atoms with Gasteiger partial charge in [0.25, 0.3) is 0 Å². The Hall–Kier alpha value is -4.93. The highest BCUT2D eigenvalue weighted by atomic mass is 35.5. The summed E-state index contributed by atoms with van der Waals surface area (Å²) in [5, 5.41) is 5.50. The summed E-state index contributed by atoms with van der Waals surface area (Å²) in [6.07, 6.45) is 1.03. The molecule has 0 aliphatic carbocycles. The van der Waals surface area contributed by atoms with Crippen molar-refractivity contribution < 1.29 is 0 Å². The summed E-state index contributed by atoms with van der Waals surface area (Å²) in [4.78, 5) is 4.21. The van der Waals surface area contributed by atoms with E-state index in [2.05, 4.69) is 170 Å². The molecule has 8 aromatic rings. The molecule has 0 aromatic heterocycles. The largest absolute Gasteiger partial charge is 0.310 e. The molecule has 0 spiro atoms. The number of hydrogen-bond acceptors (Lipinski definition) is 3. The van der Waals surface area contributed by atoms with Gasteiger partial charge in [0.15, 0.2) is 0 Å². The van der Waals surface area contributed by atoms with E-state index in [1.807, 2.05) is 54.6 Å². The van der Waals surface area contributed by atoms with Crippen LogP contribution in [0, 0.1) is 0 Å². The zero-order valence-electron chi connectivity index (χ0n) is 26.9. The van der Waals surface area contributed by atoms with Crippen LogP contribution in [-0.4, -0.2) is 0 Å². The molecule has 4 heteroatoms. The number of anilines is 3. The number of benzene rings is 8. The second-order valence-corrected chi connectivity index (χ2v) is 13.0. The van der Waals surface area contributed by atoms with Gasteiger partial charge in [0.2, 0.25) is 0 Å². The average Bonchev–Trinajstić information content (AvgIpc) is 3.14. The highest BCUT2D eigenvalue weighted by Gasteiger charge is 2.12. The maximum atomic E-state index is 5.85. The molecule has 8 aromatic carbocycles. The fourth-order valence-electron chi connectivity index (χ4n) is 5.59. The third-order valence-corrected chi connectivity index (χ3v) is 8.77. The monoisotopic (exact) mass is 689 g/mol. The first-order valence-electron chi connectivity index (χ1n) is 16.1. The molecule has 0 radical (unpaired) electrons. The summed E-state index contributed by atoms with van der Waals surface area (Å²) >= 11 is 14.6. The summed E-state index contributed by atoms with van der Waals surface area (Å²) in [5.74, 6) is 0. The molecule has 0 bridgehead atoms. The van der Waals surface area contributed by atoms with Gasteiger partial charge >= 0.3 is 0 Å². The van der Waals surface area contributed by atoms with Crippen molar-refractivity contribution in [1.82, 2.24) is 0 Å². The smallest absolute Gasteiger partial charge is 0.0468 e. The number of para-hydroxylation sites is 2. The predicted octanol–water partition coefficient (Wildman–Crippen LogP) is 13.7. The number of rotatable bonds is 5. The third kappa shape index (κ3) is 9.58. The quantitative estimate of drug-likeness (QED) is 0.170. The van der Waals surface area contributed by atoms with Crippen molar-refractivity contribution >= 4 is 75.5 Å². The van der Waals surface area contributed by atoms with Gasteiger partial charge in [-0.3, -0.25) is 0 Å². The van der Waals surface area contributed by atoms with Crippen LogP contribution in [0.4, 0.5) is 17.1 Å². The fraction of sp³-hybridized carbons (Fsp3) is 0.0222. The number of thiol groups is 2. The minimum Gasteiger partial charge on any atom is -0.310 e. The molecule has 1 nitrogen and oxygen atoms in total. The number of fused-ring (bicyclic) bond motifs is 2. The van der Waals surface area contributed by atoms with Crippen molar-refractivity contribution in [2.24, 2.45) is 0 Å². The molecule has 8 rings (SSSR count). The third-order valence-electron chi connectivity index (χ3n) is 7.97. The topological polar surface area (TPSA) is 3.24 Å². The van der Waals surface area contributed by atoms with Gasteiger partial charge in [-0.15, -0.1) is 25.3 Å². The van der Waals surface area contributed by atoms with Crippen LogP contribution in [0.25, 0.3) is 21.5 Å². The van der Waals surface area contributed by atoms with Crippen molar-refractivity contribution in [2.45, 2.75) is 16.2 Å². The fourth-order valence-corrected chi connectivity index (χ4v) is 6.20. The van der Waals surface area contributed by atoms with Gasteiger partial charge in [-0.25, -0.2) is 0 Å². The summed E-state index contributed by atoms with van der Waals surface area (Å²) in [7, 11) is 0. The summed E-state index contributed by atoms with van der Waals surface area (Å²) in [6, 6.07) is 66.6. The molecule has 0 atom stereocenters. The first-order chi connectivity index (χ1) is 24.0. The molecule has 240 valence electrons. The molecule has 0 amide bonds. The summed E-state index contributed by atoms with van der Waals surface area (Å²) < 4.78 is 0. The molecule has 0 saturated carbocycles. The van der Waals surface area contributed by atoms with Crippen LogP contribution in [0.2, 0.25) is 5.02 Å². The Balaban J connectivity index is 0.000000140. The highest BCUT2D eigenvalue weighted by Crippen LogP contribution is 2.36. The highest BCUT2D eigenvalue weighted by molar-refractivity contribution is 7.80. The van der Waals surface area contributed by atoms with Crippen LogP contribution in [0.3, 0.4) is 0 Å². The lowest BCUT2D eigenvalue weighted by Crippen LogP contribution is -2.09. The van der Waals surface area contributed by atoms with Crippen LogP contribution in [-0.2, 0) is 6.42 Å². The molecule has 0 unspecified atom stereocenters. The molecular formula is C45H36ClNS2. The normalized spacial score (nSPS) is 10.4. The zero-order chi connectivity index (χ0) is 33.8. The van der Waals surface area contributed by atoms with Gasteiger partial charge in [0, 0.05) is 31.9 Å². The van der Waals surface area contributed by atoms with E-state index >= 15 is 0 Å². The first kappa shape index (κ1) is 34.0. The van der Waals surface area contributed by atoms with Gasteiger partial charge in [0.05, 0.1) is 0 Å². The van der Waals surface area contributed by atoms with E-state index in [0.717, 1.165) is 43.7 Å². The zero-order valence-corrected chi connectivity index (χ0v) is 29.4. The number of halogens is 1. The lowest BCUT2D eigenvalue weighted by Gasteiger charge is -2.25. The number of hydrogen-bond donors (Lipinski definition) is 2. The van der Waals surface area contributed by atoms with E-state index in [1.54, 1.807) is 0 Å². The van der Waals surface area contributed by atoms with Crippen molar-refractivity contribution in [2.75, 3.05) is 4.90 Å². The van der Waals surface area contributed by atoms with E-state index in [4.69, 9.17) is 11.6 Å².